The normalized spacial score (nSPS) is 10.6. The summed E-state index contributed by atoms with van der Waals surface area (Å²) in [6.07, 6.45) is 9.24. The van der Waals surface area contributed by atoms with Gasteiger partial charge in [0.25, 0.3) is 0 Å². The smallest absolute Gasteiger partial charge is 0.213 e. The summed E-state index contributed by atoms with van der Waals surface area (Å²) in [5, 5.41) is 4.44. The van der Waals surface area contributed by atoms with E-state index in [4.69, 9.17) is 4.74 Å². The molecule has 0 saturated carbocycles. The van der Waals surface area contributed by atoms with Gasteiger partial charge in [-0.3, -0.25) is 9.67 Å². The fourth-order valence-corrected chi connectivity index (χ4v) is 2.65. The summed E-state index contributed by atoms with van der Waals surface area (Å²) in [5.74, 6) is 0.635. The Morgan fingerprint density at radius 2 is 1.69 bits per heavy atom. The van der Waals surface area contributed by atoms with Gasteiger partial charge in [0.1, 0.15) is 6.61 Å². The molecule has 26 heavy (non-hydrogen) atoms. The molecule has 5 heteroatoms. The Morgan fingerprint density at radius 1 is 0.808 bits per heavy atom. The first kappa shape index (κ1) is 16.0. The van der Waals surface area contributed by atoms with Gasteiger partial charge in [-0.2, -0.15) is 5.10 Å². The maximum absolute atomic E-state index is 5.67. The van der Waals surface area contributed by atoms with Gasteiger partial charge in [-0.1, -0.05) is 36.4 Å². The summed E-state index contributed by atoms with van der Waals surface area (Å²) in [6, 6.07) is 17.9. The van der Waals surface area contributed by atoms with Crippen LogP contribution < -0.4 is 4.74 Å². The molecule has 128 valence electrons. The van der Waals surface area contributed by atoms with Crippen molar-refractivity contribution >= 4 is 0 Å². The van der Waals surface area contributed by atoms with Crippen LogP contribution in [-0.4, -0.2) is 19.7 Å². The van der Waals surface area contributed by atoms with Crippen LogP contribution in [0.3, 0.4) is 0 Å². The molecule has 0 atom stereocenters. The average Bonchev–Trinajstić information content (AvgIpc) is 3.17. The summed E-state index contributed by atoms with van der Waals surface area (Å²) in [7, 11) is 0. The van der Waals surface area contributed by atoms with Crippen LogP contribution in [0.2, 0.25) is 0 Å². The van der Waals surface area contributed by atoms with Crippen molar-refractivity contribution in [3.63, 3.8) is 0 Å². The fraction of sp³-hybridized carbons (Fsp3) is 0.0952. The van der Waals surface area contributed by atoms with Crippen molar-refractivity contribution in [1.82, 2.24) is 19.7 Å². The molecular weight excluding hydrogens is 324 g/mol. The van der Waals surface area contributed by atoms with Crippen molar-refractivity contribution in [2.24, 2.45) is 0 Å². The van der Waals surface area contributed by atoms with E-state index in [0.717, 1.165) is 23.2 Å². The lowest BCUT2D eigenvalue weighted by Gasteiger charge is -2.06. The number of pyridine rings is 2. The second-order valence-corrected chi connectivity index (χ2v) is 5.94. The van der Waals surface area contributed by atoms with Gasteiger partial charge >= 0.3 is 0 Å². The van der Waals surface area contributed by atoms with Gasteiger partial charge in [0, 0.05) is 42.0 Å². The Balaban J connectivity index is 1.38. The lowest BCUT2D eigenvalue weighted by molar-refractivity contribution is 0.294. The minimum absolute atomic E-state index is 0.504. The molecule has 3 heterocycles. The van der Waals surface area contributed by atoms with Gasteiger partial charge in [0.05, 0.1) is 12.7 Å². The van der Waals surface area contributed by atoms with Gasteiger partial charge < -0.3 is 4.74 Å². The molecule has 3 aromatic heterocycles. The predicted molar refractivity (Wildman–Crippen MR) is 99.6 cm³/mol. The van der Waals surface area contributed by atoms with E-state index >= 15 is 0 Å². The molecule has 0 fully saturated rings. The Bertz CT molecular complexity index is 950. The van der Waals surface area contributed by atoms with E-state index in [1.54, 1.807) is 12.4 Å². The van der Waals surface area contributed by atoms with E-state index in [1.165, 1.54) is 5.56 Å². The first-order chi connectivity index (χ1) is 12.9. The van der Waals surface area contributed by atoms with E-state index in [9.17, 15) is 0 Å². The molecule has 0 radical (unpaired) electrons. The van der Waals surface area contributed by atoms with E-state index in [0.29, 0.717) is 12.5 Å². The van der Waals surface area contributed by atoms with E-state index in [1.807, 2.05) is 53.6 Å². The standard InChI is InChI=1S/C21H18N4O/c1-2-11-23-21(5-1)26-16-18-8-6-17(7-9-18)14-25-15-20(13-24-25)19-4-3-10-22-12-19/h1-13,15H,14,16H2. The molecular formula is C21H18N4O. The highest BCUT2D eigenvalue weighted by Crippen LogP contribution is 2.17. The Hall–Kier alpha value is -3.47. The first-order valence-electron chi connectivity index (χ1n) is 8.41. The molecule has 4 aromatic rings. The minimum atomic E-state index is 0.504. The second-order valence-electron chi connectivity index (χ2n) is 5.94. The van der Waals surface area contributed by atoms with Gasteiger partial charge in [0.15, 0.2) is 0 Å². The number of benzene rings is 1. The van der Waals surface area contributed by atoms with Crippen LogP contribution in [0.25, 0.3) is 11.1 Å². The largest absolute Gasteiger partial charge is 0.473 e. The predicted octanol–water partition coefficient (Wildman–Crippen LogP) is 3.97. The zero-order valence-electron chi connectivity index (χ0n) is 14.2. The number of rotatable bonds is 6. The lowest BCUT2D eigenvalue weighted by Crippen LogP contribution is -2.01. The Kier molecular flexibility index (Phi) is 4.69. The van der Waals surface area contributed by atoms with E-state index in [2.05, 4.69) is 39.3 Å². The van der Waals surface area contributed by atoms with Crippen LogP contribution in [-0.2, 0) is 13.2 Å². The summed E-state index contributed by atoms with van der Waals surface area (Å²) < 4.78 is 7.60. The molecule has 0 aliphatic carbocycles. The molecule has 0 N–H and O–H groups in total. The highest BCUT2D eigenvalue weighted by molar-refractivity contribution is 5.60. The number of nitrogens with zero attached hydrogens (tertiary/aromatic N) is 4. The number of ether oxygens (including phenoxy) is 1. The van der Waals surface area contributed by atoms with Crippen LogP contribution in [0.4, 0.5) is 0 Å². The minimum Gasteiger partial charge on any atom is -0.473 e. The van der Waals surface area contributed by atoms with Crippen molar-refractivity contribution < 1.29 is 4.74 Å². The van der Waals surface area contributed by atoms with Crippen LogP contribution in [0.1, 0.15) is 11.1 Å². The van der Waals surface area contributed by atoms with Crippen LogP contribution in [0, 0.1) is 0 Å². The molecule has 0 aliphatic heterocycles. The van der Waals surface area contributed by atoms with Gasteiger partial charge in [0.2, 0.25) is 5.88 Å². The quantitative estimate of drug-likeness (QED) is 0.532. The third-order valence-electron chi connectivity index (χ3n) is 4.02. The summed E-state index contributed by atoms with van der Waals surface area (Å²) in [6.45, 7) is 1.23. The van der Waals surface area contributed by atoms with Crippen LogP contribution >= 0.6 is 0 Å². The highest BCUT2D eigenvalue weighted by Gasteiger charge is 2.03. The lowest BCUT2D eigenvalue weighted by atomic mass is 10.1. The molecule has 0 aliphatic rings. The Morgan fingerprint density at radius 3 is 2.46 bits per heavy atom. The van der Waals surface area contributed by atoms with Crippen molar-refractivity contribution in [3.8, 4) is 17.0 Å². The van der Waals surface area contributed by atoms with E-state index < -0.39 is 0 Å². The maximum Gasteiger partial charge on any atom is 0.213 e. The summed E-state index contributed by atoms with van der Waals surface area (Å²) in [4.78, 5) is 8.31. The number of aromatic nitrogens is 4. The van der Waals surface area contributed by atoms with Crippen molar-refractivity contribution in [1.29, 1.82) is 0 Å². The van der Waals surface area contributed by atoms with E-state index in [-0.39, 0.29) is 0 Å². The van der Waals surface area contributed by atoms with Gasteiger partial charge in [-0.25, -0.2) is 4.98 Å². The molecule has 0 unspecified atom stereocenters. The third-order valence-corrected chi connectivity index (χ3v) is 4.02. The van der Waals surface area contributed by atoms with Gasteiger partial charge in [-0.15, -0.1) is 0 Å². The molecule has 0 bridgehead atoms. The Labute approximate surface area is 151 Å². The maximum atomic E-state index is 5.67. The molecule has 0 spiro atoms. The van der Waals surface area contributed by atoms with Crippen molar-refractivity contribution in [2.75, 3.05) is 0 Å². The highest BCUT2D eigenvalue weighted by atomic mass is 16.5. The molecule has 0 saturated heterocycles. The van der Waals surface area contributed by atoms with Gasteiger partial charge in [-0.05, 0) is 23.3 Å². The SMILES string of the molecule is c1ccc(OCc2ccc(Cn3cc(-c4cccnc4)cn3)cc2)nc1. The topological polar surface area (TPSA) is 52.8 Å². The molecule has 0 amide bonds. The first-order valence-corrected chi connectivity index (χ1v) is 8.41. The average molecular weight is 342 g/mol. The zero-order valence-corrected chi connectivity index (χ0v) is 14.2. The molecule has 4 rings (SSSR count). The summed E-state index contributed by atoms with van der Waals surface area (Å²) >= 11 is 0. The monoisotopic (exact) mass is 342 g/mol. The molecule has 1 aromatic carbocycles. The van der Waals surface area contributed by atoms with Crippen LogP contribution in [0.15, 0.2) is 85.6 Å². The molecule has 5 nitrogen and oxygen atoms in total. The van der Waals surface area contributed by atoms with Crippen molar-refractivity contribution in [2.45, 2.75) is 13.2 Å². The zero-order chi connectivity index (χ0) is 17.6. The summed E-state index contributed by atoms with van der Waals surface area (Å²) in [5.41, 5.74) is 4.43. The fourth-order valence-electron chi connectivity index (χ4n) is 2.65. The van der Waals surface area contributed by atoms with Crippen LogP contribution in [0.5, 0.6) is 5.88 Å². The van der Waals surface area contributed by atoms with Crippen molar-refractivity contribution in [3.05, 3.63) is 96.7 Å². The number of hydrogen-bond acceptors (Lipinski definition) is 4. The number of hydrogen-bond donors (Lipinski definition) is 0. The second kappa shape index (κ2) is 7.61. The third kappa shape index (κ3) is 3.95.